The van der Waals surface area contributed by atoms with Crippen LogP contribution in [0.4, 0.5) is 5.69 Å². The number of carbonyl (C=O) groups excluding carboxylic acids is 2. The fourth-order valence-corrected chi connectivity index (χ4v) is 2.79. The molecule has 0 spiro atoms. The molecule has 0 saturated carbocycles. The maximum Gasteiger partial charge on any atom is 0.248 e. The van der Waals surface area contributed by atoms with E-state index >= 15 is 0 Å². The Morgan fingerprint density at radius 1 is 1.11 bits per heavy atom. The lowest BCUT2D eigenvalue weighted by atomic mass is 10.2. The quantitative estimate of drug-likeness (QED) is 0.630. The molecule has 0 aliphatic heterocycles. The molecule has 0 unspecified atom stereocenters. The van der Waals surface area contributed by atoms with Gasteiger partial charge in [-0.05, 0) is 43.4 Å². The molecule has 2 amide bonds. The van der Waals surface area contributed by atoms with Crippen molar-refractivity contribution >= 4 is 17.5 Å². The second-order valence-corrected chi connectivity index (χ2v) is 6.61. The molecule has 1 heterocycles. The van der Waals surface area contributed by atoms with Crippen LogP contribution in [-0.4, -0.2) is 40.1 Å². The highest BCUT2D eigenvalue weighted by atomic mass is 16.2. The summed E-state index contributed by atoms with van der Waals surface area (Å²) in [6, 6.07) is 16.4. The summed E-state index contributed by atoms with van der Waals surface area (Å²) in [5.41, 5.74) is 8.35. The number of nitrogens with one attached hydrogen (secondary N) is 1. The first-order chi connectivity index (χ1) is 13.5. The number of amides is 2. The standard InChI is InChI=1S/C21H23N5O2/c1-25(14-16-13-23-26(15-16)19-5-3-2-4-6-19)12-11-20(27)24-18-9-7-17(8-10-18)21(22)28/h2-10,13,15H,11-12,14H2,1H3,(H2,22,28)(H,24,27). The van der Waals surface area contributed by atoms with Crippen LogP contribution in [0.15, 0.2) is 67.0 Å². The molecule has 1 aromatic heterocycles. The summed E-state index contributed by atoms with van der Waals surface area (Å²) in [7, 11) is 1.97. The lowest BCUT2D eigenvalue weighted by Gasteiger charge is -2.15. The van der Waals surface area contributed by atoms with Crippen LogP contribution in [0.2, 0.25) is 0 Å². The fraction of sp³-hybridized carbons (Fsp3) is 0.190. The van der Waals surface area contributed by atoms with Crippen LogP contribution in [0, 0.1) is 0 Å². The molecule has 2 aromatic carbocycles. The molecular weight excluding hydrogens is 354 g/mol. The van der Waals surface area contributed by atoms with Crippen molar-refractivity contribution in [1.82, 2.24) is 14.7 Å². The number of benzene rings is 2. The van der Waals surface area contributed by atoms with Crippen LogP contribution < -0.4 is 11.1 Å². The largest absolute Gasteiger partial charge is 0.366 e. The minimum absolute atomic E-state index is 0.0846. The van der Waals surface area contributed by atoms with Gasteiger partial charge >= 0.3 is 0 Å². The number of hydrogen-bond acceptors (Lipinski definition) is 4. The summed E-state index contributed by atoms with van der Waals surface area (Å²) in [6.07, 6.45) is 4.19. The minimum Gasteiger partial charge on any atom is -0.366 e. The van der Waals surface area contributed by atoms with Crippen molar-refractivity contribution in [2.75, 3.05) is 18.9 Å². The van der Waals surface area contributed by atoms with E-state index in [1.54, 1.807) is 24.3 Å². The third-order valence-corrected chi connectivity index (χ3v) is 4.28. The van der Waals surface area contributed by atoms with Crippen molar-refractivity contribution in [2.45, 2.75) is 13.0 Å². The Balaban J connectivity index is 1.46. The Morgan fingerprint density at radius 3 is 2.50 bits per heavy atom. The van der Waals surface area contributed by atoms with E-state index < -0.39 is 5.91 Å². The molecular formula is C21H23N5O2. The molecule has 7 heteroatoms. The molecule has 0 fully saturated rings. The van der Waals surface area contributed by atoms with E-state index in [0.29, 0.717) is 30.8 Å². The Kier molecular flexibility index (Phi) is 6.18. The number of carbonyl (C=O) groups is 2. The van der Waals surface area contributed by atoms with Gasteiger partial charge in [0.1, 0.15) is 0 Å². The third kappa shape index (κ3) is 5.28. The second kappa shape index (κ2) is 8.96. The number of aromatic nitrogens is 2. The first-order valence-corrected chi connectivity index (χ1v) is 8.98. The molecule has 0 bridgehead atoms. The Bertz CT molecular complexity index is 935. The molecule has 3 aromatic rings. The molecule has 0 aliphatic rings. The molecule has 3 rings (SSSR count). The smallest absolute Gasteiger partial charge is 0.248 e. The second-order valence-electron chi connectivity index (χ2n) is 6.61. The highest BCUT2D eigenvalue weighted by molar-refractivity contribution is 5.94. The van der Waals surface area contributed by atoms with Gasteiger partial charge in [0.15, 0.2) is 0 Å². The summed E-state index contributed by atoms with van der Waals surface area (Å²) in [5, 5.41) is 7.21. The van der Waals surface area contributed by atoms with Crippen molar-refractivity contribution < 1.29 is 9.59 Å². The summed E-state index contributed by atoms with van der Waals surface area (Å²) in [6.45, 7) is 1.31. The van der Waals surface area contributed by atoms with Gasteiger partial charge < -0.3 is 16.0 Å². The van der Waals surface area contributed by atoms with E-state index in [-0.39, 0.29) is 5.91 Å². The van der Waals surface area contributed by atoms with Gasteiger partial charge in [-0.1, -0.05) is 18.2 Å². The SMILES string of the molecule is CN(CCC(=O)Nc1ccc(C(N)=O)cc1)Cc1cnn(-c2ccccc2)c1. The molecule has 7 nitrogen and oxygen atoms in total. The zero-order valence-electron chi connectivity index (χ0n) is 15.7. The van der Waals surface area contributed by atoms with Gasteiger partial charge in [0.2, 0.25) is 11.8 Å². The summed E-state index contributed by atoms with van der Waals surface area (Å²) in [5.74, 6) is -0.575. The number of nitrogens with two attached hydrogens (primary N) is 1. The third-order valence-electron chi connectivity index (χ3n) is 4.28. The van der Waals surface area contributed by atoms with E-state index in [9.17, 15) is 9.59 Å². The predicted octanol–water partition coefficient (Wildman–Crippen LogP) is 2.43. The van der Waals surface area contributed by atoms with E-state index in [2.05, 4.69) is 15.3 Å². The zero-order valence-corrected chi connectivity index (χ0v) is 15.7. The van der Waals surface area contributed by atoms with Crippen molar-refractivity contribution in [3.8, 4) is 5.69 Å². The van der Waals surface area contributed by atoms with Crippen molar-refractivity contribution in [1.29, 1.82) is 0 Å². The maximum absolute atomic E-state index is 12.1. The van der Waals surface area contributed by atoms with Gasteiger partial charge in [-0.15, -0.1) is 0 Å². The Labute approximate surface area is 163 Å². The van der Waals surface area contributed by atoms with E-state index in [4.69, 9.17) is 5.73 Å². The average molecular weight is 377 g/mol. The van der Waals surface area contributed by atoms with E-state index in [1.807, 2.05) is 54.5 Å². The number of para-hydroxylation sites is 1. The summed E-state index contributed by atoms with van der Waals surface area (Å²) >= 11 is 0. The van der Waals surface area contributed by atoms with E-state index in [1.165, 1.54) is 0 Å². The molecule has 28 heavy (non-hydrogen) atoms. The molecule has 0 saturated heterocycles. The molecule has 0 atom stereocenters. The van der Waals surface area contributed by atoms with Crippen molar-refractivity contribution in [2.24, 2.45) is 5.73 Å². The van der Waals surface area contributed by atoms with Gasteiger partial charge in [0, 0.05) is 42.5 Å². The van der Waals surface area contributed by atoms with Gasteiger partial charge in [-0.3, -0.25) is 9.59 Å². The van der Waals surface area contributed by atoms with Crippen LogP contribution in [0.3, 0.4) is 0 Å². The average Bonchev–Trinajstić information content (AvgIpc) is 3.16. The molecule has 3 N–H and O–H groups in total. The first kappa shape index (κ1) is 19.3. The van der Waals surface area contributed by atoms with Crippen molar-refractivity contribution in [3.05, 3.63) is 78.1 Å². The number of primary amides is 1. The highest BCUT2D eigenvalue weighted by Crippen LogP contribution is 2.11. The highest BCUT2D eigenvalue weighted by Gasteiger charge is 2.08. The number of nitrogens with zero attached hydrogens (tertiary/aromatic N) is 3. The van der Waals surface area contributed by atoms with Crippen LogP contribution >= 0.6 is 0 Å². The number of rotatable bonds is 8. The Morgan fingerprint density at radius 2 is 1.82 bits per heavy atom. The lowest BCUT2D eigenvalue weighted by molar-refractivity contribution is -0.116. The lowest BCUT2D eigenvalue weighted by Crippen LogP contribution is -2.24. The molecule has 144 valence electrons. The maximum atomic E-state index is 12.1. The summed E-state index contributed by atoms with van der Waals surface area (Å²) < 4.78 is 1.84. The summed E-state index contributed by atoms with van der Waals surface area (Å²) in [4.78, 5) is 25.3. The van der Waals surface area contributed by atoms with Gasteiger partial charge in [0.25, 0.3) is 0 Å². The fourth-order valence-electron chi connectivity index (χ4n) is 2.79. The van der Waals surface area contributed by atoms with Crippen LogP contribution in [0.1, 0.15) is 22.3 Å². The number of hydrogen-bond donors (Lipinski definition) is 2. The van der Waals surface area contributed by atoms with Gasteiger partial charge in [-0.25, -0.2) is 4.68 Å². The zero-order chi connectivity index (χ0) is 19.9. The topological polar surface area (TPSA) is 93.2 Å². The monoisotopic (exact) mass is 377 g/mol. The van der Waals surface area contributed by atoms with Crippen molar-refractivity contribution in [3.63, 3.8) is 0 Å². The normalized spacial score (nSPS) is 10.8. The van der Waals surface area contributed by atoms with Crippen LogP contribution in [-0.2, 0) is 11.3 Å². The predicted molar refractivity (Wildman–Crippen MR) is 108 cm³/mol. The Hall–Kier alpha value is -3.45. The van der Waals surface area contributed by atoms with E-state index in [0.717, 1.165) is 11.3 Å². The minimum atomic E-state index is -0.491. The van der Waals surface area contributed by atoms with Gasteiger partial charge in [-0.2, -0.15) is 5.10 Å². The molecule has 0 aliphatic carbocycles. The van der Waals surface area contributed by atoms with Gasteiger partial charge in [0.05, 0.1) is 11.9 Å². The first-order valence-electron chi connectivity index (χ1n) is 8.98. The van der Waals surface area contributed by atoms with Crippen LogP contribution in [0.25, 0.3) is 5.69 Å². The number of anilines is 1. The molecule has 0 radical (unpaired) electrons. The van der Waals surface area contributed by atoms with Crippen LogP contribution in [0.5, 0.6) is 0 Å².